The van der Waals surface area contributed by atoms with Crippen LogP contribution in [0.3, 0.4) is 0 Å². The van der Waals surface area contributed by atoms with Gasteiger partial charge in [-0.2, -0.15) is 4.31 Å². The molecule has 0 bridgehead atoms. The lowest BCUT2D eigenvalue weighted by atomic mass is 10.1. The lowest BCUT2D eigenvalue weighted by molar-refractivity contribution is -0.385. The fourth-order valence-corrected chi connectivity index (χ4v) is 4.46. The Labute approximate surface area is 170 Å². The first-order valence-corrected chi connectivity index (χ1v) is 10.7. The third kappa shape index (κ3) is 4.99. The molecule has 0 fully saturated rings. The second-order valence-corrected chi connectivity index (χ2v) is 8.55. The van der Waals surface area contributed by atoms with E-state index in [1.54, 1.807) is 39.8 Å². The number of sulfonamides is 1. The molecule has 2 aromatic carbocycles. The summed E-state index contributed by atoms with van der Waals surface area (Å²) in [5, 5.41) is 13.7. The summed E-state index contributed by atoms with van der Waals surface area (Å²) in [5.74, 6) is -0.365. The van der Waals surface area contributed by atoms with Crippen molar-refractivity contribution in [3.63, 3.8) is 0 Å². The van der Waals surface area contributed by atoms with Crippen LogP contribution in [0, 0.1) is 17.0 Å². The van der Waals surface area contributed by atoms with Gasteiger partial charge in [0, 0.05) is 30.3 Å². The number of nitro benzene ring substituents is 1. The molecule has 0 saturated heterocycles. The maximum atomic E-state index is 12.6. The maximum absolute atomic E-state index is 12.6. The molecule has 0 saturated carbocycles. The highest BCUT2D eigenvalue weighted by Crippen LogP contribution is 2.21. The highest BCUT2D eigenvalue weighted by Gasteiger charge is 2.22. The van der Waals surface area contributed by atoms with E-state index < -0.39 is 14.9 Å². The third-order valence-electron chi connectivity index (χ3n) is 4.73. The number of carbonyl (C=O) groups excluding carboxylic acids is 1. The lowest BCUT2D eigenvalue weighted by Gasteiger charge is -2.19. The monoisotopic (exact) mass is 419 g/mol. The predicted octanol–water partition coefficient (Wildman–Crippen LogP) is 3.42. The van der Waals surface area contributed by atoms with Crippen LogP contribution < -0.4 is 5.32 Å². The lowest BCUT2D eigenvalue weighted by Crippen LogP contribution is -2.30. The summed E-state index contributed by atoms with van der Waals surface area (Å²) in [6.07, 6.45) is 0. The Morgan fingerprint density at radius 1 is 1.14 bits per heavy atom. The summed E-state index contributed by atoms with van der Waals surface area (Å²) in [6, 6.07) is 10.2. The molecule has 1 unspecified atom stereocenters. The molecule has 0 heterocycles. The fraction of sp³-hybridized carbons (Fsp3) is 0.350. The van der Waals surface area contributed by atoms with Crippen molar-refractivity contribution in [2.75, 3.05) is 13.1 Å². The largest absolute Gasteiger partial charge is 0.346 e. The topological polar surface area (TPSA) is 110 Å². The van der Waals surface area contributed by atoms with Crippen LogP contribution in [0.1, 0.15) is 48.3 Å². The van der Waals surface area contributed by atoms with Crippen molar-refractivity contribution < 1.29 is 18.1 Å². The van der Waals surface area contributed by atoms with E-state index in [-0.39, 0.29) is 22.5 Å². The Hall–Kier alpha value is -2.78. The Kier molecular flexibility index (Phi) is 7.10. The Morgan fingerprint density at radius 2 is 1.72 bits per heavy atom. The Balaban J connectivity index is 2.15. The molecular formula is C20H25N3O5S. The van der Waals surface area contributed by atoms with Crippen LogP contribution in [0.5, 0.6) is 0 Å². The summed E-state index contributed by atoms with van der Waals surface area (Å²) >= 11 is 0. The number of nitro groups is 1. The zero-order valence-corrected chi connectivity index (χ0v) is 17.7. The molecule has 1 N–H and O–H groups in total. The van der Waals surface area contributed by atoms with E-state index >= 15 is 0 Å². The van der Waals surface area contributed by atoms with E-state index in [1.165, 1.54) is 34.6 Å². The van der Waals surface area contributed by atoms with Crippen LogP contribution in [-0.4, -0.2) is 36.6 Å². The fourth-order valence-electron chi connectivity index (χ4n) is 3.01. The van der Waals surface area contributed by atoms with Crippen LogP contribution in [0.25, 0.3) is 0 Å². The number of nitrogens with zero attached hydrogens (tertiary/aromatic N) is 2. The number of amides is 1. The molecule has 2 aromatic rings. The maximum Gasteiger partial charge on any atom is 0.272 e. The summed E-state index contributed by atoms with van der Waals surface area (Å²) < 4.78 is 26.5. The van der Waals surface area contributed by atoms with Gasteiger partial charge in [0.1, 0.15) is 0 Å². The zero-order valence-electron chi connectivity index (χ0n) is 16.9. The summed E-state index contributed by atoms with van der Waals surface area (Å²) in [6.45, 7) is 7.71. The number of hydrogen-bond acceptors (Lipinski definition) is 5. The first kappa shape index (κ1) is 22.5. The van der Waals surface area contributed by atoms with Gasteiger partial charge in [0.2, 0.25) is 10.0 Å². The molecule has 2 rings (SSSR count). The van der Waals surface area contributed by atoms with Gasteiger partial charge in [-0.1, -0.05) is 26.0 Å². The molecule has 0 aliphatic rings. The number of hydrogen-bond donors (Lipinski definition) is 1. The number of rotatable bonds is 8. The molecule has 1 amide bonds. The second-order valence-electron chi connectivity index (χ2n) is 6.61. The molecule has 8 nitrogen and oxygen atoms in total. The van der Waals surface area contributed by atoms with Gasteiger partial charge >= 0.3 is 0 Å². The molecule has 0 aromatic heterocycles. The Morgan fingerprint density at radius 3 is 2.21 bits per heavy atom. The molecule has 0 aliphatic heterocycles. The van der Waals surface area contributed by atoms with Crippen molar-refractivity contribution in [2.24, 2.45) is 0 Å². The van der Waals surface area contributed by atoms with E-state index in [0.717, 1.165) is 5.56 Å². The highest BCUT2D eigenvalue weighted by molar-refractivity contribution is 7.89. The normalized spacial score (nSPS) is 12.6. The molecule has 0 aliphatic carbocycles. The smallest absolute Gasteiger partial charge is 0.272 e. The van der Waals surface area contributed by atoms with Crippen molar-refractivity contribution >= 4 is 21.6 Å². The van der Waals surface area contributed by atoms with E-state index in [1.807, 2.05) is 0 Å². The number of benzene rings is 2. The van der Waals surface area contributed by atoms with Gasteiger partial charge in [-0.15, -0.1) is 0 Å². The van der Waals surface area contributed by atoms with Crippen LogP contribution in [0.2, 0.25) is 0 Å². The molecule has 1 atom stereocenters. The van der Waals surface area contributed by atoms with Crippen LogP contribution in [-0.2, 0) is 10.0 Å². The number of nitrogens with one attached hydrogen (secondary N) is 1. The van der Waals surface area contributed by atoms with E-state index in [0.29, 0.717) is 24.2 Å². The van der Waals surface area contributed by atoms with E-state index in [4.69, 9.17) is 0 Å². The van der Waals surface area contributed by atoms with Gasteiger partial charge < -0.3 is 5.32 Å². The van der Waals surface area contributed by atoms with E-state index in [2.05, 4.69) is 5.32 Å². The van der Waals surface area contributed by atoms with Crippen LogP contribution in [0.15, 0.2) is 47.4 Å². The zero-order chi connectivity index (χ0) is 21.8. The second kappa shape index (κ2) is 9.15. The Bertz CT molecular complexity index is 999. The summed E-state index contributed by atoms with van der Waals surface area (Å²) in [4.78, 5) is 23.1. The average Bonchev–Trinajstić information content (AvgIpc) is 2.68. The van der Waals surface area contributed by atoms with Gasteiger partial charge in [-0.05, 0) is 43.7 Å². The van der Waals surface area contributed by atoms with Crippen LogP contribution >= 0.6 is 0 Å². The molecule has 9 heteroatoms. The first-order valence-electron chi connectivity index (χ1n) is 9.27. The first-order chi connectivity index (χ1) is 13.6. The minimum atomic E-state index is -3.53. The van der Waals surface area contributed by atoms with E-state index in [9.17, 15) is 23.3 Å². The molecular weight excluding hydrogens is 394 g/mol. The summed E-state index contributed by atoms with van der Waals surface area (Å²) in [5.41, 5.74) is 1.43. The molecule has 0 spiro atoms. The van der Waals surface area contributed by atoms with Gasteiger partial charge in [-0.3, -0.25) is 14.9 Å². The van der Waals surface area contributed by atoms with Gasteiger partial charge in [0.05, 0.1) is 15.9 Å². The molecule has 0 radical (unpaired) electrons. The van der Waals surface area contributed by atoms with Crippen molar-refractivity contribution in [2.45, 2.75) is 38.6 Å². The highest BCUT2D eigenvalue weighted by atomic mass is 32.2. The van der Waals surface area contributed by atoms with Crippen molar-refractivity contribution in [1.29, 1.82) is 0 Å². The minimum Gasteiger partial charge on any atom is -0.346 e. The van der Waals surface area contributed by atoms with Gasteiger partial charge in [0.25, 0.3) is 11.6 Å². The molecule has 29 heavy (non-hydrogen) atoms. The minimum absolute atomic E-state index is 0.0420. The SMILES string of the molecule is CCN(CC)S(=O)(=O)c1ccc(C(C)NC(=O)c2ccc([N+](=O)[O-])c(C)c2)cc1. The van der Waals surface area contributed by atoms with Gasteiger partial charge in [-0.25, -0.2) is 8.42 Å². The quantitative estimate of drug-likeness (QED) is 0.521. The average molecular weight is 420 g/mol. The van der Waals surface area contributed by atoms with Crippen molar-refractivity contribution in [1.82, 2.24) is 9.62 Å². The molecule has 156 valence electrons. The number of carbonyl (C=O) groups is 1. The third-order valence-corrected chi connectivity index (χ3v) is 6.79. The van der Waals surface area contributed by atoms with Crippen molar-refractivity contribution in [3.8, 4) is 0 Å². The van der Waals surface area contributed by atoms with Gasteiger partial charge in [0.15, 0.2) is 0 Å². The number of aryl methyl sites for hydroxylation is 1. The van der Waals surface area contributed by atoms with Crippen molar-refractivity contribution in [3.05, 3.63) is 69.3 Å². The van der Waals surface area contributed by atoms with Crippen LogP contribution in [0.4, 0.5) is 5.69 Å². The standard InChI is InChI=1S/C20H25N3O5S/c1-5-22(6-2)29(27,28)18-10-7-16(8-11-18)15(4)21-20(24)17-9-12-19(23(25)26)14(3)13-17/h7-13,15H,5-6H2,1-4H3,(H,21,24). The predicted molar refractivity (Wildman–Crippen MR) is 110 cm³/mol. The summed E-state index contributed by atoms with van der Waals surface area (Å²) in [7, 11) is -3.53.